The summed E-state index contributed by atoms with van der Waals surface area (Å²) in [6.07, 6.45) is 6.96. The maximum absolute atomic E-state index is 13.9. The number of rotatable bonds is 7. The van der Waals surface area contributed by atoms with Gasteiger partial charge in [0.15, 0.2) is 0 Å². The summed E-state index contributed by atoms with van der Waals surface area (Å²) in [4.78, 5) is 23.0. The van der Waals surface area contributed by atoms with Gasteiger partial charge in [0.2, 0.25) is 5.75 Å². The fourth-order valence-corrected chi connectivity index (χ4v) is 6.01. The largest absolute Gasteiger partial charge is 0.483 e. The van der Waals surface area contributed by atoms with E-state index in [4.69, 9.17) is 16.3 Å². The van der Waals surface area contributed by atoms with Crippen molar-refractivity contribution in [3.05, 3.63) is 63.9 Å². The van der Waals surface area contributed by atoms with Crippen LogP contribution in [-0.2, 0) is 10.2 Å². The van der Waals surface area contributed by atoms with Gasteiger partial charge in [-0.3, -0.25) is 9.52 Å². The Labute approximate surface area is 228 Å². The van der Waals surface area contributed by atoms with Crippen LogP contribution in [0.2, 0.25) is 5.15 Å². The van der Waals surface area contributed by atoms with Crippen molar-refractivity contribution in [2.75, 3.05) is 35.8 Å². The van der Waals surface area contributed by atoms with Crippen molar-refractivity contribution in [2.24, 2.45) is 0 Å². The second kappa shape index (κ2) is 11.4. The van der Waals surface area contributed by atoms with Crippen LogP contribution in [0.25, 0.3) is 5.69 Å². The number of piperazine rings is 1. The lowest BCUT2D eigenvalue weighted by Crippen LogP contribution is -2.50. The van der Waals surface area contributed by atoms with E-state index in [1.54, 1.807) is 0 Å². The highest BCUT2D eigenvalue weighted by molar-refractivity contribution is 7.90. The molecule has 0 spiro atoms. The van der Waals surface area contributed by atoms with Crippen LogP contribution < -0.4 is 19.9 Å². The molecule has 39 heavy (non-hydrogen) atoms. The average molecular weight is 582 g/mol. The second-order valence-corrected chi connectivity index (χ2v) is 11.4. The molecule has 15 heteroatoms. The highest BCUT2D eigenvalue weighted by Crippen LogP contribution is 2.30. The van der Waals surface area contributed by atoms with Crippen LogP contribution in [-0.4, -0.2) is 64.8 Å². The minimum atomic E-state index is -3.93. The molecule has 1 saturated heterocycles. The number of ether oxygens (including phenoxy) is 1. The molecule has 2 aromatic heterocycles. The maximum atomic E-state index is 13.9. The Morgan fingerprint density at radius 3 is 2.33 bits per heavy atom. The van der Waals surface area contributed by atoms with E-state index in [1.807, 2.05) is 4.90 Å². The van der Waals surface area contributed by atoms with Crippen LogP contribution in [0.3, 0.4) is 0 Å². The average Bonchev–Trinajstić information content (AvgIpc) is 2.90. The number of anilines is 2. The maximum Gasteiger partial charge on any atom is 0.316 e. The summed E-state index contributed by atoms with van der Waals surface area (Å²) >= 11 is 5.82. The molecule has 208 valence electrons. The van der Waals surface area contributed by atoms with Crippen molar-refractivity contribution in [3.8, 4) is 11.4 Å². The van der Waals surface area contributed by atoms with Crippen molar-refractivity contribution in [1.82, 2.24) is 24.1 Å². The van der Waals surface area contributed by atoms with Crippen LogP contribution in [0.4, 0.5) is 20.3 Å². The molecule has 11 nitrogen and oxygen atoms in total. The minimum Gasteiger partial charge on any atom is -0.483 e. The van der Waals surface area contributed by atoms with Gasteiger partial charge >= 0.3 is 15.8 Å². The molecule has 0 radical (unpaired) electrons. The van der Waals surface area contributed by atoms with Gasteiger partial charge in [-0.1, -0.05) is 18.0 Å². The third-order valence-corrected chi connectivity index (χ3v) is 8.35. The minimum absolute atomic E-state index is 0.0200. The number of hydrogen-bond donors (Lipinski definition) is 1. The Bertz CT molecular complexity index is 1490. The fraction of sp³-hybridized carbons (Fsp3) is 0.417. The molecule has 5 rings (SSSR count). The number of hydrogen-bond acceptors (Lipinski definition) is 8. The fourth-order valence-electron chi connectivity index (χ4n) is 4.72. The van der Waals surface area contributed by atoms with E-state index in [0.29, 0.717) is 11.8 Å². The van der Waals surface area contributed by atoms with Gasteiger partial charge in [-0.05, 0) is 37.8 Å². The molecular weight excluding hydrogens is 556 g/mol. The van der Waals surface area contributed by atoms with Gasteiger partial charge < -0.3 is 9.64 Å². The SMILES string of the molecule is O=c1c(OC2CCCCC2)c(N2CCN(S(=O)(=O)Nc3cc(Cl)ncn3)CC2)cnn1-c1cc(F)cc(F)c1. The number of halogens is 3. The molecule has 1 N–H and O–H groups in total. The first-order valence-corrected chi connectivity index (χ1v) is 14.3. The van der Waals surface area contributed by atoms with Crippen LogP contribution in [0.5, 0.6) is 5.75 Å². The Morgan fingerprint density at radius 1 is 0.974 bits per heavy atom. The predicted molar refractivity (Wildman–Crippen MR) is 141 cm³/mol. The first kappa shape index (κ1) is 27.2. The van der Waals surface area contributed by atoms with E-state index in [-0.39, 0.29) is 54.7 Å². The van der Waals surface area contributed by atoms with Gasteiger partial charge in [-0.15, -0.1) is 0 Å². The molecule has 1 aliphatic carbocycles. The standard InChI is InChI=1S/C24H26ClF2N7O4S/c25-21-13-22(29-15-28-21)31-39(36,37)33-8-6-32(7-9-33)20-14-30-34(18-11-16(26)10-17(27)12-18)24(35)23(20)38-19-4-2-1-3-5-19/h10-15,19H,1-9H2,(H,28,29,31). The van der Waals surface area contributed by atoms with E-state index in [1.165, 1.54) is 16.6 Å². The number of nitrogens with zero attached hydrogens (tertiary/aromatic N) is 6. The Morgan fingerprint density at radius 2 is 1.67 bits per heavy atom. The summed E-state index contributed by atoms with van der Waals surface area (Å²) in [5.41, 5.74) is -0.323. The smallest absolute Gasteiger partial charge is 0.316 e. The molecule has 1 aliphatic heterocycles. The molecule has 0 unspecified atom stereocenters. The molecule has 0 amide bonds. The van der Waals surface area contributed by atoms with E-state index in [2.05, 4.69) is 19.8 Å². The summed E-state index contributed by atoms with van der Waals surface area (Å²) in [6.45, 7) is 0.697. The van der Waals surface area contributed by atoms with Gasteiger partial charge in [-0.25, -0.2) is 18.7 Å². The quantitative estimate of drug-likeness (QED) is 0.422. The van der Waals surface area contributed by atoms with Crippen molar-refractivity contribution in [3.63, 3.8) is 0 Å². The van der Waals surface area contributed by atoms with Crippen LogP contribution in [0.1, 0.15) is 32.1 Å². The van der Waals surface area contributed by atoms with Crippen LogP contribution in [0.15, 0.2) is 41.6 Å². The van der Waals surface area contributed by atoms with Gasteiger partial charge in [0, 0.05) is 38.3 Å². The lowest BCUT2D eigenvalue weighted by molar-refractivity contribution is 0.152. The molecule has 2 fully saturated rings. The van der Waals surface area contributed by atoms with E-state index < -0.39 is 27.4 Å². The van der Waals surface area contributed by atoms with Gasteiger partial charge in [0.1, 0.15) is 34.6 Å². The zero-order chi connectivity index (χ0) is 27.6. The second-order valence-electron chi connectivity index (χ2n) is 9.30. The normalized spacial score (nSPS) is 17.3. The molecule has 0 bridgehead atoms. The number of aromatic nitrogens is 4. The highest BCUT2D eigenvalue weighted by Gasteiger charge is 2.30. The third kappa shape index (κ3) is 6.28. The third-order valence-electron chi connectivity index (χ3n) is 6.63. The molecular formula is C24H26ClF2N7O4S. The Balaban J connectivity index is 1.40. The summed E-state index contributed by atoms with van der Waals surface area (Å²) in [6, 6.07) is 4.05. The zero-order valence-electron chi connectivity index (χ0n) is 20.8. The van der Waals surface area contributed by atoms with E-state index >= 15 is 0 Å². The summed E-state index contributed by atoms with van der Waals surface area (Å²) in [5.74, 6) is -1.62. The zero-order valence-corrected chi connectivity index (χ0v) is 22.3. The van der Waals surface area contributed by atoms with Gasteiger partial charge in [0.05, 0.1) is 18.0 Å². The predicted octanol–water partition coefficient (Wildman–Crippen LogP) is 3.14. The van der Waals surface area contributed by atoms with Gasteiger partial charge in [-0.2, -0.15) is 22.5 Å². The van der Waals surface area contributed by atoms with Crippen molar-refractivity contribution in [2.45, 2.75) is 38.2 Å². The molecule has 3 aromatic rings. The molecule has 0 atom stereocenters. The Hall–Kier alpha value is -3.36. The molecule has 1 aromatic carbocycles. The van der Waals surface area contributed by atoms with Crippen LogP contribution in [0, 0.1) is 11.6 Å². The Kier molecular flexibility index (Phi) is 7.96. The number of nitrogens with one attached hydrogen (secondary N) is 1. The number of benzene rings is 1. The van der Waals surface area contributed by atoms with Crippen molar-refractivity contribution < 1.29 is 21.9 Å². The van der Waals surface area contributed by atoms with Gasteiger partial charge in [0.25, 0.3) is 0 Å². The molecule has 1 saturated carbocycles. The molecule has 3 heterocycles. The van der Waals surface area contributed by atoms with E-state index in [9.17, 15) is 22.0 Å². The first-order chi connectivity index (χ1) is 18.7. The van der Waals surface area contributed by atoms with Crippen LogP contribution >= 0.6 is 11.6 Å². The monoisotopic (exact) mass is 581 g/mol. The lowest BCUT2D eigenvalue weighted by Gasteiger charge is -2.36. The summed E-state index contributed by atoms with van der Waals surface area (Å²) in [7, 11) is -3.93. The lowest BCUT2D eigenvalue weighted by atomic mass is 9.98. The highest BCUT2D eigenvalue weighted by atomic mass is 35.5. The van der Waals surface area contributed by atoms with E-state index in [0.717, 1.165) is 55.2 Å². The topological polar surface area (TPSA) is 123 Å². The first-order valence-electron chi connectivity index (χ1n) is 12.5. The molecule has 2 aliphatic rings. The summed E-state index contributed by atoms with van der Waals surface area (Å²) in [5, 5.41) is 4.27. The van der Waals surface area contributed by atoms with Crippen molar-refractivity contribution in [1.29, 1.82) is 0 Å². The van der Waals surface area contributed by atoms with Crippen molar-refractivity contribution >= 4 is 33.3 Å². The summed E-state index contributed by atoms with van der Waals surface area (Å²) < 4.78 is 64.3.